The van der Waals surface area contributed by atoms with Gasteiger partial charge in [-0.25, -0.2) is 21.6 Å². The van der Waals surface area contributed by atoms with Crippen LogP contribution in [-0.2, 0) is 36.3 Å². The number of esters is 1. The van der Waals surface area contributed by atoms with Gasteiger partial charge in [0.1, 0.15) is 0 Å². The largest absolute Gasteiger partial charge is 0.465 e. The number of carbonyl (C=O) groups is 2. The van der Waals surface area contributed by atoms with Crippen LogP contribution in [0.15, 0.2) is 39.0 Å². The van der Waals surface area contributed by atoms with Crippen LogP contribution >= 0.6 is 0 Å². The first-order valence-corrected chi connectivity index (χ1v) is 21.4. The molecule has 0 bridgehead atoms. The molecule has 4 N–H and O–H groups in total. The summed E-state index contributed by atoms with van der Waals surface area (Å²) in [5, 5.41) is 0. The lowest BCUT2D eigenvalue weighted by Crippen LogP contribution is -2.36. The second kappa shape index (κ2) is 17.3. The van der Waals surface area contributed by atoms with Crippen LogP contribution in [0.3, 0.4) is 0 Å². The first kappa shape index (κ1) is 48.4. The minimum atomic E-state index is -6.02. The third kappa shape index (κ3) is 10.8. The molecule has 0 saturated heterocycles. The van der Waals surface area contributed by atoms with Crippen molar-refractivity contribution in [2.75, 3.05) is 19.6 Å². The Labute approximate surface area is 328 Å². The smallest absolute Gasteiger partial charge is 0.458 e. The van der Waals surface area contributed by atoms with Crippen molar-refractivity contribution in [1.29, 1.82) is 0 Å². The molecule has 2 fully saturated rings. The second-order valence-electron chi connectivity index (χ2n) is 14.8. The number of hydrogen-bond acceptors (Lipinski definition) is 7. The first-order valence-electron chi connectivity index (χ1n) is 17.6. The van der Waals surface area contributed by atoms with Gasteiger partial charge in [-0.3, -0.25) is 4.79 Å². The fourth-order valence-electron chi connectivity index (χ4n) is 7.07. The second-order valence-corrected chi connectivity index (χ2v) is 18.8. The minimum Gasteiger partial charge on any atom is -0.465 e. The van der Waals surface area contributed by atoms with E-state index < -0.39 is 106 Å². The molecule has 1 amide bonds. The Morgan fingerprint density at radius 1 is 0.621 bits per heavy atom. The number of hydrogen-bond donors (Lipinski definition) is 2. The zero-order valence-corrected chi connectivity index (χ0v) is 33.5. The number of guanidine groups is 1. The number of methoxy groups -OCH3 is 1. The molecule has 326 valence electrons. The maximum atomic E-state index is 14.3. The third-order valence-electron chi connectivity index (χ3n) is 10.3. The van der Waals surface area contributed by atoms with Crippen LogP contribution in [0.25, 0.3) is 0 Å². The lowest BCUT2D eigenvalue weighted by molar-refractivity contribution is -0.289. The van der Waals surface area contributed by atoms with Crippen LogP contribution in [0.5, 0.6) is 0 Å². The van der Waals surface area contributed by atoms with Crippen molar-refractivity contribution in [3.05, 3.63) is 57.6 Å². The number of ether oxygens (including phenoxy) is 1. The summed E-state index contributed by atoms with van der Waals surface area (Å²) < 4.78 is 189. The first-order chi connectivity index (χ1) is 26.2. The Balaban J connectivity index is 0.000000311. The fraction of sp³-hybridized carbons (Fsp3) is 0.583. The van der Waals surface area contributed by atoms with Crippen molar-refractivity contribution in [3.63, 3.8) is 0 Å². The zero-order valence-electron chi connectivity index (χ0n) is 31.8. The van der Waals surface area contributed by atoms with Crippen LogP contribution in [0.4, 0.5) is 43.9 Å². The number of carbonyl (C=O) groups excluding carboxylic acids is 2. The predicted molar refractivity (Wildman–Crippen MR) is 191 cm³/mol. The Morgan fingerprint density at radius 3 is 1.24 bits per heavy atom. The van der Waals surface area contributed by atoms with Gasteiger partial charge in [-0.2, -0.15) is 48.9 Å². The summed E-state index contributed by atoms with van der Waals surface area (Å²) in [5.74, 6) is -15.1. The van der Waals surface area contributed by atoms with Crippen molar-refractivity contribution in [2.24, 2.45) is 28.3 Å². The highest BCUT2D eigenvalue weighted by Gasteiger charge is 2.61. The molecular formula is C36H43F10N3O7S2. The summed E-state index contributed by atoms with van der Waals surface area (Å²) in [6.07, 6.45) is -5.92. The molecule has 0 atom stereocenters. The lowest BCUT2D eigenvalue weighted by Gasteiger charge is -2.30. The van der Waals surface area contributed by atoms with Gasteiger partial charge >= 0.3 is 30.2 Å². The highest BCUT2D eigenvalue weighted by Crippen LogP contribution is 2.50. The van der Waals surface area contributed by atoms with Gasteiger partial charge in [0.25, 0.3) is 5.91 Å². The summed E-state index contributed by atoms with van der Waals surface area (Å²) in [4.78, 5) is 26.2. The van der Waals surface area contributed by atoms with E-state index in [9.17, 15) is 70.3 Å². The highest BCUT2D eigenvalue weighted by molar-refractivity contribution is 7.91. The normalized spacial score (nSPS) is 21.0. The van der Waals surface area contributed by atoms with Gasteiger partial charge < -0.3 is 16.2 Å². The number of alkyl halides is 10. The van der Waals surface area contributed by atoms with Gasteiger partial charge in [-0.05, 0) is 84.7 Å². The molecule has 2 aliphatic rings. The number of nitrogens with zero attached hydrogens (tertiary/aromatic N) is 1. The summed E-state index contributed by atoms with van der Waals surface area (Å²) in [7, 11) is -7.25. The standard InChI is InChI=1S/C18H22F5N3O3S.C18H21F5O4S/c1-9-3-5-10(6-4-9)11-7-13(17(19,20)18(21,22)23)12(15(27)26-16(24)25)8-14(11)30(2,28)29;1-10-4-6-11(7-5-10)12-8-14(17(19,20)18(21,22)23)13(16(24)27-2)9-15(12)28(3,25)26/h7-10H,3-6H2,1-2H3,(H4,24,25,26,27);8-11H,4-7H2,1-3H3. The maximum Gasteiger partial charge on any atom is 0.458 e. The van der Waals surface area contributed by atoms with Crippen molar-refractivity contribution < 1.29 is 75.1 Å². The quantitative estimate of drug-likeness (QED) is 0.114. The van der Waals surface area contributed by atoms with Gasteiger partial charge in [-0.15, -0.1) is 0 Å². The number of nitrogens with two attached hydrogens (primary N) is 2. The monoisotopic (exact) mass is 883 g/mol. The minimum absolute atomic E-state index is 0.110. The van der Waals surface area contributed by atoms with Gasteiger partial charge in [0, 0.05) is 23.6 Å². The molecular weight excluding hydrogens is 841 g/mol. The molecule has 0 aliphatic heterocycles. The zero-order chi connectivity index (χ0) is 44.6. The van der Waals surface area contributed by atoms with Crippen molar-refractivity contribution in [3.8, 4) is 0 Å². The van der Waals surface area contributed by atoms with E-state index in [4.69, 9.17) is 11.5 Å². The molecule has 4 rings (SSSR count). The Kier molecular flexibility index (Phi) is 14.5. The van der Waals surface area contributed by atoms with Gasteiger partial charge in [-0.1, -0.05) is 39.5 Å². The Bertz CT molecular complexity index is 2120. The van der Waals surface area contributed by atoms with Crippen molar-refractivity contribution in [1.82, 2.24) is 0 Å². The van der Waals surface area contributed by atoms with E-state index in [1.807, 2.05) is 13.8 Å². The van der Waals surface area contributed by atoms with Gasteiger partial charge in [0.15, 0.2) is 25.6 Å². The number of rotatable bonds is 8. The molecule has 0 unspecified atom stereocenters. The average Bonchev–Trinajstić information content (AvgIpc) is 3.09. The molecule has 2 aliphatic carbocycles. The average molecular weight is 884 g/mol. The highest BCUT2D eigenvalue weighted by atomic mass is 32.2. The van der Waals surface area contributed by atoms with E-state index in [0.29, 0.717) is 87.5 Å². The van der Waals surface area contributed by atoms with Crippen LogP contribution in [0.2, 0.25) is 0 Å². The molecule has 0 spiro atoms. The molecule has 0 heterocycles. The molecule has 0 aromatic heterocycles. The molecule has 58 heavy (non-hydrogen) atoms. The van der Waals surface area contributed by atoms with Crippen LogP contribution in [-0.4, -0.2) is 66.6 Å². The Hall–Kier alpha value is -3.95. The number of aliphatic imine (C=N–C) groups is 1. The number of benzene rings is 2. The van der Waals surface area contributed by atoms with E-state index in [2.05, 4.69) is 9.73 Å². The maximum absolute atomic E-state index is 14.3. The summed E-state index contributed by atoms with van der Waals surface area (Å²) in [6, 6.07) is 2.10. The van der Waals surface area contributed by atoms with E-state index >= 15 is 0 Å². The fourth-order valence-corrected chi connectivity index (χ4v) is 9.05. The predicted octanol–water partition coefficient (Wildman–Crippen LogP) is 8.28. The van der Waals surface area contributed by atoms with E-state index in [0.717, 1.165) is 19.6 Å². The summed E-state index contributed by atoms with van der Waals surface area (Å²) >= 11 is 0. The van der Waals surface area contributed by atoms with E-state index in [1.165, 1.54) is 0 Å². The van der Waals surface area contributed by atoms with E-state index in [1.54, 1.807) is 0 Å². The van der Waals surface area contributed by atoms with Gasteiger partial charge in [0.2, 0.25) is 0 Å². The number of sulfone groups is 2. The lowest BCUT2D eigenvalue weighted by atomic mass is 9.78. The molecule has 2 aromatic rings. The van der Waals surface area contributed by atoms with Crippen molar-refractivity contribution >= 4 is 37.5 Å². The molecule has 10 nitrogen and oxygen atoms in total. The topological polar surface area (TPSA) is 176 Å². The van der Waals surface area contributed by atoms with Gasteiger partial charge in [0.05, 0.1) is 28.0 Å². The van der Waals surface area contributed by atoms with E-state index in [-0.39, 0.29) is 11.1 Å². The molecule has 22 heteroatoms. The summed E-state index contributed by atoms with van der Waals surface area (Å²) in [6.45, 7) is 3.95. The number of amides is 1. The van der Waals surface area contributed by atoms with Crippen LogP contribution < -0.4 is 11.5 Å². The SMILES string of the molecule is CC1CCC(c2cc(C(F)(F)C(F)(F)F)c(C(=O)N=C(N)N)cc2S(C)(=O)=O)CC1.COC(=O)c1cc(S(C)(=O)=O)c(C2CCC(C)CC2)cc1C(F)(F)C(F)(F)F. The third-order valence-corrected chi connectivity index (χ3v) is 12.6. The van der Waals surface area contributed by atoms with Crippen LogP contribution in [0.1, 0.15) is 120 Å². The van der Waals surface area contributed by atoms with Crippen LogP contribution in [0, 0.1) is 11.8 Å². The Morgan fingerprint density at radius 2 is 0.948 bits per heavy atom. The molecule has 0 radical (unpaired) electrons. The molecule has 2 aromatic carbocycles. The number of halogens is 10. The molecule has 2 saturated carbocycles. The van der Waals surface area contributed by atoms with Crippen molar-refractivity contribution in [2.45, 2.75) is 111 Å². The summed E-state index contributed by atoms with van der Waals surface area (Å²) in [5.41, 5.74) is 4.20.